The minimum atomic E-state index is -3.25. The molecule has 1 N–H and O–H groups in total. The largest absolute Gasteiger partial charge is 0.496 e. The first-order valence-corrected chi connectivity index (χ1v) is 10.6. The second-order valence-corrected chi connectivity index (χ2v) is 8.62. The molecule has 1 heterocycles. The Morgan fingerprint density at radius 2 is 1.79 bits per heavy atom. The summed E-state index contributed by atoms with van der Waals surface area (Å²) in [5, 5.41) is 3.21. The van der Waals surface area contributed by atoms with Crippen molar-refractivity contribution in [3.05, 3.63) is 77.1 Å². The normalized spacial score (nSPS) is 11.2. The first-order chi connectivity index (χ1) is 13.3. The molecule has 146 valence electrons. The number of carbonyl (C=O) groups excluding carboxylic acids is 1. The number of nitrogens with zero attached hydrogens (tertiary/aromatic N) is 1. The number of halogens is 1. The van der Waals surface area contributed by atoms with Crippen LogP contribution in [0.1, 0.15) is 15.9 Å². The molecule has 0 spiro atoms. The minimum Gasteiger partial charge on any atom is -0.496 e. The summed E-state index contributed by atoms with van der Waals surface area (Å²) in [4.78, 5) is 12.9. The van der Waals surface area contributed by atoms with E-state index in [1.807, 2.05) is 29.1 Å². The fourth-order valence-electron chi connectivity index (χ4n) is 2.71. The van der Waals surface area contributed by atoms with Crippen LogP contribution in [0.3, 0.4) is 0 Å². The molecular weight excluding hydrogens is 400 g/mol. The van der Waals surface area contributed by atoms with Crippen LogP contribution in [0.15, 0.2) is 65.8 Å². The van der Waals surface area contributed by atoms with Crippen molar-refractivity contribution < 1.29 is 17.9 Å². The lowest BCUT2D eigenvalue weighted by molar-refractivity contribution is 0.0948. The molecule has 0 fully saturated rings. The summed E-state index contributed by atoms with van der Waals surface area (Å²) >= 11 is 6.36. The molecule has 2 aromatic carbocycles. The monoisotopic (exact) mass is 418 g/mol. The average molecular weight is 419 g/mol. The molecule has 1 aromatic heterocycles. The molecule has 6 nitrogen and oxygen atoms in total. The predicted octanol–water partition coefficient (Wildman–Crippen LogP) is 3.47. The van der Waals surface area contributed by atoms with Gasteiger partial charge in [-0.25, -0.2) is 8.42 Å². The van der Waals surface area contributed by atoms with Gasteiger partial charge in [0, 0.05) is 31.3 Å². The third kappa shape index (κ3) is 4.37. The van der Waals surface area contributed by atoms with Gasteiger partial charge in [0.05, 0.1) is 28.3 Å². The van der Waals surface area contributed by atoms with Gasteiger partial charge in [0.2, 0.25) is 0 Å². The van der Waals surface area contributed by atoms with E-state index in [2.05, 4.69) is 5.32 Å². The number of benzene rings is 2. The number of carbonyl (C=O) groups is 1. The Kier molecular flexibility index (Phi) is 5.76. The van der Waals surface area contributed by atoms with E-state index in [1.165, 1.54) is 19.2 Å². The molecule has 3 aromatic rings. The van der Waals surface area contributed by atoms with Crippen LogP contribution in [-0.2, 0) is 16.4 Å². The first-order valence-electron chi connectivity index (χ1n) is 8.37. The van der Waals surface area contributed by atoms with Gasteiger partial charge in [0.1, 0.15) is 5.75 Å². The van der Waals surface area contributed by atoms with E-state index in [1.54, 1.807) is 24.3 Å². The summed E-state index contributed by atoms with van der Waals surface area (Å²) in [5.74, 6) is 0.0584. The summed E-state index contributed by atoms with van der Waals surface area (Å²) in [6, 6.07) is 13.4. The van der Waals surface area contributed by atoms with Crippen molar-refractivity contribution in [2.45, 2.75) is 11.4 Å². The Balaban J connectivity index is 1.78. The van der Waals surface area contributed by atoms with Gasteiger partial charge >= 0.3 is 0 Å². The van der Waals surface area contributed by atoms with E-state index in [4.69, 9.17) is 16.3 Å². The van der Waals surface area contributed by atoms with Gasteiger partial charge in [0.15, 0.2) is 9.84 Å². The Morgan fingerprint density at radius 3 is 2.36 bits per heavy atom. The Morgan fingerprint density at radius 1 is 1.14 bits per heavy atom. The van der Waals surface area contributed by atoms with Crippen LogP contribution in [0.2, 0.25) is 5.02 Å². The summed E-state index contributed by atoms with van der Waals surface area (Å²) < 4.78 is 30.2. The Labute approximate surface area is 168 Å². The molecule has 0 bridgehead atoms. The zero-order chi connectivity index (χ0) is 20.3. The summed E-state index contributed by atoms with van der Waals surface area (Å²) in [5.41, 5.74) is 1.79. The van der Waals surface area contributed by atoms with Crippen molar-refractivity contribution in [2.24, 2.45) is 0 Å². The van der Waals surface area contributed by atoms with Crippen molar-refractivity contribution in [1.29, 1.82) is 0 Å². The fraction of sp³-hybridized carbons (Fsp3) is 0.150. The summed E-state index contributed by atoms with van der Waals surface area (Å²) in [7, 11) is -1.76. The number of nitrogens with one attached hydrogen (secondary N) is 1. The number of ether oxygens (including phenoxy) is 1. The van der Waals surface area contributed by atoms with Crippen LogP contribution < -0.4 is 10.1 Å². The highest BCUT2D eigenvalue weighted by Gasteiger charge is 2.16. The SMILES string of the molecule is COc1cc(-n2cccc2)c(Cl)cc1C(=O)NCc1ccc(S(C)(=O)=O)cc1. The summed E-state index contributed by atoms with van der Waals surface area (Å²) in [6.45, 7) is 0.239. The van der Waals surface area contributed by atoms with E-state index in [9.17, 15) is 13.2 Å². The highest BCUT2D eigenvalue weighted by atomic mass is 35.5. The lowest BCUT2D eigenvalue weighted by Crippen LogP contribution is -2.23. The molecule has 0 radical (unpaired) electrons. The standard InChI is InChI=1S/C20H19ClN2O4S/c1-27-19-12-18(23-9-3-4-10-23)17(21)11-16(19)20(24)22-13-14-5-7-15(8-6-14)28(2,25)26/h3-12H,13H2,1-2H3,(H,22,24). The molecule has 0 saturated carbocycles. The Bertz CT molecular complexity index is 1090. The molecule has 0 unspecified atom stereocenters. The zero-order valence-corrected chi connectivity index (χ0v) is 16.9. The van der Waals surface area contributed by atoms with Gasteiger partial charge in [0.25, 0.3) is 5.91 Å². The van der Waals surface area contributed by atoms with Crippen molar-refractivity contribution in [3.8, 4) is 11.4 Å². The maximum atomic E-state index is 12.6. The first kappa shape index (κ1) is 20.0. The van der Waals surface area contributed by atoms with Crippen LogP contribution in [0.25, 0.3) is 5.69 Å². The van der Waals surface area contributed by atoms with Crippen LogP contribution in [0.4, 0.5) is 0 Å². The smallest absolute Gasteiger partial charge is 0.255 e. The molecule has 8 heteroatoms. The molecule has 3 rings (SSSR count). The Hall–Kier alpha value is -2.77. The molecule has 0 aliphatic carbocycles. The predicted molar refractivity (Wildman–Crippen MR) is 108 cm³/mol. The lowest BCUT2D eigenvalue weighted by Gasteiger charge is -2.14. The molecule has 0 atom stereocenters. The van der Waals surface area contributed by atoms with Gasteiger partial charge in [-0.05, 0) is 35.9 Å². The number of rotatable bonds is 6. The molecular formula is C20H19ClN2O4S. The number of methoxy groups -OCH3 is 1. The number of aromatic nitrogens is 1. The zero-order valence-electron chi connectivity index (χ0n) is 15.3. The van der Waals surface area contributed by atoms with Crippen LogP contribution >= 0.6 is 11.6 Å². The molecule has 28 heavy (non-hydrogen) atoms. The minimum absolute atomic E-state index is 0.233. The number of sulfone groups is 1. The van der Waals surface area contributed by atoms with E-state index >= 15 is 0 Å². The van der Waals surface area contributed by atoms with E-state index in [0.717, 1.165) is 11.8 Å². The highest BCUT2D eigenvalue weighted by Crippen LogP contribution is 2.30. The lowest BCUT2D eigenvalue weighted by atomic mass is 10.1. The van der Waals surface area contributed by atoms with Crippen molar-refractivity contribution in [1.82, 2.24) is 9.88 Å². The van der Waals surface area contributed by atoms with E-state index < -0.39 is 9.84 Å². The quantitative estimate of drug-likeness (QED) is 0.664. The van der Waals surface area contributed by atoms with E-state index in [0.29, 0.717) is 22.0 Å². The van der Waals surface area contributed by atoms with Crippen LogP contribution in [-0.4, -0.2) is 32.3 Å². The van der Waals surface area contributed by atoms with Crippen molar-refractivity contribution in [2.75, 3.05) is 13.4 Å². The van der Waals surface area contributed by atoms with Crippen molar-refractivity contribution in [3.63, 3.8) is 0 Å². The second-order valence-electron chi connectivity index (χ2n) is 6.19. The molecule has 0 aliphatic heterocycles. The average Bonchev–Trinajstić information content (AvgIpc) is 3.20. The van der Waals surface area contributed by atoms with Gasteiger partial charge in [-0.15, -0.1) is 0 Å². The third-order valence-electron chi connectivity index (χ3n) is 4.20. The van der Waals surface area contributed by atoms with Gasteiger partial charge in [-0.3, -0.25) is 4.79 Å². The molecule has 0 aliphatic rings. The van der Waals surface area contributed by atoms with Gasteiger partial charge in [-0.1, -0.05) is 23.7 Å². The maximum Gasteiger partial charge on any atom is 0.255 e. The topological polar surface area (TPSA) is 77.4 Å². The second kappa shape index (κ2) is 8.08. The third-order valence-corrected chi connectivity index (χ3v) is 5.63. The number of amides is 1. The fourth-order valence-corrected chi connectivity index (χ4v) is 3.61. The van der Waals surface area contributed by atoms with Gasteiger partial charge < -0.3 is 14.6 Å². The van der Waals surface area contributed by atoms with Gasteiger partial charge in [-0.2, -0.15) is 0 Å². The molecule has 0 saturated heterocycles. The number of hydrogen-bond acceptors (Lipinski definition) is 4. The highest BCUT2D eigenvalue weighted by molar-refractivity contribution is 7.90. The molecule has 1 amide bonds. The van der Waals surface area contributed by atoms with Crippen molar-refractivity contribution >= 4 is 27.3 Å². The maximum absolute atomic E-state index is 12.6. The number of hydrogen-bond donors (Lipinski definition) is 1. The van der Waals surface area contributed by atoms with E-state index in [-0.39, 0.29) is 17.3 Å². The van der Waals surface area contributed by atoms with Crippen LogP contribution in [0.5, 0.6) is 5.75 Å². The summed E-state index contributed by atoms with van der Waals surface area (Å²) in [6.07, 6.45) is 4.85. The van der Waals surface area contributed by atoms with Crippen LogP contribution in [0, 0.1) is 0 Å².